The van der Waals surface area contributed by atoms with Crippen molar-refractivity contribution in [3.63, 3.8) is 0 Å². The molecule has 6 rings (SSSR count). The summed E-state index contributed by atoms with van der Waals surface area (Å²) in [4.78, 5) is 8.86. The number of methoxy groups -OCH3 is 1. The lowest BCUT2D eigenvalue weighted by Crippen LogP contribution is -2.16. The van der Waals surface area contributed by atoms with Crippen molar-refractivity contribution >= 4 is 22.4 Å². The van der Waals surface area contributed by atoms with Crippen LogP contribution in [0.25, 0.3) is 27.9 Å². The molecule has 0 unspecified atom stereocenters. The van der Waals surface area contributed by atoms with Gasteiger partial charge in [-0.05, 0) is 37.5 Å². The van der Waals surface area contributed by atoms with Gasteiger partial charge >= 0.3 is 0 Å². The highest BCUT2D eigenvalue weighted by Gasteiger charge is 2.20. The van der Waals surface area contributed by atoms with Gasteiger partial charge in [-0.1, -0.05) is 0 Å². The summed E-state index contributed by atoms with van der Waals surface area (Å²) in [6.07, 6.45) is 11.0. The van der Waals surface area contributed by atoms with Crippen LogP contribution < -0.4 is 10.1 Å². The van der Waals surface area contributed by atoms with Crippen molar-refractivity contribution in [2.75, 3.05) is 12.4 Å². The van der Waals surface area contributed by atoms with E-state index in [0.29, 0.717) is 29.8 Å². The number of pyridine rings is 2. The van der Waals surface area contributed by atoms with Gasteiger partial charge in [-0.3, -0.25) is 9.67 Å². The minimum Gasteiger partial charge on any atom is -0.495 e. The summed E-state index contributed by atoms with van der Waals surface area (Å²) in [7, 11) is 1.61. The summed E-state index contributed by atoms with van der Waals surface area (Å²) in [5.41, 5.74) is 4.90. The van der Waals surface area contributed by atoms with E-state index < -0.39 is 0 Å². The van der Waals surface area contributed by atoms with E-state index >= 15 is 0 Å². The molecule has 0 bridgehead atoms. The van der Waals surface area contributed by atoms with E-state index in [1.807, 2.05) is 30.5 Å². The number of ether oxygens (including phenoxy) is 1. The highest BCUT2D eigenvalue weighted by atomic mass is 16.5. The molecule has 32 heavy (non-hydrogen) atoms. The molecule has 10 heteroatoms. The molecule has 0 spiro atoms. The average Bonchev–Trinajstić information content (AvgIpc) is 3.43. The molecule has 10 nitrogen and oxygen atoms in total. The second-order valence-corrected chi connectivity index (χ2v) is 7.85. The van der Waals surface area contributed by atoms with Gasteiger partial charge in [-0.25, -0.2) is 4.98 Å². The van der Waals surface area contributed by atoms with Crippen molar-refractivity contribution < 1.29 is 4.74 Å². The smallest absolute Gasteiger partial charge is 0.178 e. The second kappa shape index (κ2) is 7.56. The topological polar surface area (TPSA) is 108 Å². The number of anilines is 1. The van der Waals surface area contributed by atoms with E-state index in [1.54, 1.807) is 24.0 Å². The number of hydrogen-bond acceptors (Lipinski definition) is 8. The van der Waals surface area contributed by atoms with Gasteiger partial charge in [0.15, 0.2) is 11.5 Å². The quantitative estimate of drug-likeness (QED) is 0.440. The van der Waals surface area contributed by atoms with Crippen molar-refractivity contribution in [2.45, 2.75) is 31.8 Å². The third kappa shape index (κ3) is 3.20. The molecule has 0 aliphatic heterocycles. The summed E-state index contributed by atoms with van der Waals surface area (Å²) in [6, 6.07) is 8.15. The molecule has 5 aromatic rings. The van der Waals surface area contributed by atoms with Crippen LogP contribution in [0.15, 0.2) is 49.1 Å². The number of hydrogen-bond donors (Lipinski definition) is 1. The zero-order valence-electron chi connectivity index (χ0n) is 17.5. The van der Waals surface area contributed by atoms with Crippen LogP contribution in [0.3, 0.4) is 0 Å². The first-order valence-electron chi connectivity index (χ1n) is 10.6. The molecule has 5 heterocycles. The van der Waals surface area contributed by atoms with Crippen molar-refractivity contribution in [1.29, 1.82) is 0 Å². The molecule has 5 aromatic heterocycles. The van der Waals surface area contributed by atoms with Gasteiger partial charge in [-0.15, -0.1) is 10.2 Å². The molecule has 1 saturated carbocycles. The van der Waals surface area contributed by atoms with E-state index in [9.17, 15) is 0 Å². The minimum absolute atomic E-state index is 0.436. The molecule has 0 amide bonds. The SMILES string of the molecule is COc1cnc2c(NCc3nnc4ccc(-c5cnn(C6CCC6)c5)nn34)ccnc2c1. The molecule has 0 saturated heterocycles. The van der Waals surface area contributed by atoms with E-state index in [1.165, 1.54) is 19.3 Å². The van der Waals surface area contributed by atoms with Crippen LogP contribution in [-0.4, -0.2) is 46.7 Å². The zero-order valence-corrected chi connectivity index (χ0v) is 17.5. The Morgan fingerprint density at radius 3 is 2.91 bits per heavy atom. The zero-order chi connectivity index (χ0) is 21.5. The first-order valence-corrected chi connectivity index (χ1v) is 10.6. The number of fused-ring (bicyclic) bond motifs is 2. The number of rotatable bonds is 6. The summed E-state index contributed by atoms with van der Waals surface area (Å²) in [5.74, 6) is 1.37. The molecular formula is C22H21N9O. The van der Waals surface area contributed by atoms with Crippen LogP contribution in [0, 0.1) is 0 Å². The monoisotopic (exact) mass is 427 g/mol. The normalized spacial score (nSPS) is 14.0. The lowest BCUT2D eigenvalue weighted by molar-refractivity contribution is 0.289. The average molecular weight is 427 g/mol. The highest BCUT2D eigenvalue weighted by molar-refractivity contribution is 5.87. The van der Waals surface area contributed by atoms with Crippen molar-refractivity contribution in [3.05, 3.63) is 54.9 Å². The molecule has 1 fully saturated rings. The molecular weight excluding hydrogens is 406 g/mol. The van der Waals surface area contributed by atoms with Crippen LogP contribution in [0.4, 0.5) is 5.69 Å². The van der Waals surface area contributed by atoms with Gasteiger partial charge in [0.25, 0.3) is 0 Å². The van der Waals surface area contributed by atoms with Gasteiger partial charge in [0, 0.05) is 24.0 Å². The summed E-state index contributed by atoms with van der Waals surface area (Å²) < 4.78 is 9.06. The second-order valence-electron chi connectivity index (χ2n) is 7.85. The number of nitrogens with zero attached hydrogens (tertiary/aromatic N) is 8. The lowest BCUT2D eigenvalue weighted by atomic mass is 9.93. The summed E-state index contributed by atoms with van der Waals surface area (Å²) >= 11 is 0. The van der Waals surface area contributed by atoms with Crippen molar-refractivity contribution in [1.82, 2.24) is 39.6 Å². The Bertz CT molecular complexity index is 1420. The Labute approximate surface area is 183 Å². The van der Waals surface area contributed by atoms with Crippen molar-refractivity contribution in [3.8, 4) is 17.0 Å². The number of aromatic nitrogens is 8. The largest absolute Gasteiger partial charge is 0.495 e. The van der Waals surface area contributed by atoms with E-state index in [4.69, 9.17) is 9.84 Å². The molecule has 1 N–H and O–H groups in total. The van der Waals surface area contributed by atoms with E-state index in [-0.39, 0.29) is 0 Å². The van der Waals surface area contributed by atoms with E-state index in [2.05, 4.69) is 41.5 Å². The Hall–Kier alpha value is -4.08. The van der Waals surface area contributed by atoms with Gasteiger partial charge in [0.1, 0.15) is 11.3 Å². The molecule has 0 atom stereocenters. The van der Waals surface area contributed by atoms with Gasteiger partial charge in [0.2, 0.25) is 0 Å². The standard InChI is InChI=1S/C22H21N9O/c1-32-16-9-19-22(25-11-16)18(7-8-23-19)24-12-21-28-27-20-6-5-17(29-31(20)21)14-10-26-30(13-14)15-3-2-4-15/h5-11,13,15H,2-4,12H2,1H3,(H,23,24). The molecule has 1 aliphatic carbocycles. The fourth-order valence-electron chi connectivity index (χ4n) is 3.86. The Morgan fingerprint density at radius 2 is 2.06 bits per heavy atom. The third-order valence-electron chi connectivity index (χ3n) is 5.90. The van der Waals surface area contributed by atoms with Crippen LogP contribution in [0.5, 0.6) is 5.75 Å². The van der Waals surface area contributed by atoms with E-state index in [0.717, 1.165) is 28.0 Å². The first-order chi connectivity index (χ1) is 15.8. The Kier molecular flexibility index (Phi) is 4.41. The Morgan fingerprint density at radius 1 is 1.12 bits per heavy atom. The maximum atomic E-state index is 5.24. The van der Waals surface area contributed by atoms with Crippen LogP contribution in [0.2, 0.25) is 0 Å². The van der Waals surface area contributed by atoms with Crippen LogP contribution >= 0.6 is 0 Å². The molecule has 1 aliphatic rings. The fourth-order valence-corrected chi connectivity index (χ4v) is 3.86. The lowest BCUT2D eigenvalue weighted by Gasteiger charge is -2.25. The van der Waals surface area contributed by atoms with Gasteiger partial charge < -0.3 is 10.1 Å². The molecule has 160 valence electrons. The number of nitrogens with one attached hydrogen (secondary N) is 1. The van der Waals surface area contributed by atoms with Gasteiger partial charge in [0.05, 0.1) is 49.0 Å². The molecule has 0 radical (unpaired) electrons. The highest BCUT2D eigenvalue weighted by Crippen LogP contribution is 2.32. The van der Waals surface area contributed by atoms with Crippen LogP contribution in [0.1, 0.15) is 31.1 Å². The maximum absolute atomic E-state index is 5.24. The predicted octanol–water partition coefficient (Wildman–Crippen LogP) is 3.28. The minimum atomic E-state index is 0.436. The van der Waals surface area contributed by atoms with Crippen molar-refractivity contribution in [2.24, 2.45) is 0 Å². The van der Waals surface area contributed by atoms with Gasteiger partial charge in [-0.2, -0.15) is 14.7 Å². The Balaban J connectivity index is 1.28. The maximum Gasteiger partial charge on any atom is 0.178 e. The fraction of sp³-hybridized carbons (Fsp3) is 0.273. The third-order valence-corrected chi connectivity index (χ3v) is 5.90. The summed E-state index contributed by atoms with van der Waals surface area (Å²) in [6.45, 7) is 0.436. The van der Waals surface area contributed by atoms with Crippen LogP contribution in [-0.2, 0) is 6.54 Å². The first kappa shape index (κ1) is 18.7. The summed E-state index contributed by atoms with van der Waals surface area (Å²) in [5, 5.41) is 21.3. The molecule has 0 aromatic carbocycles. The predicted molar refractivity (Wildman–Crippen MR) is 118 cm³/mol.